The van der Waals surface area contributed by atoms with Crippen molar-refractivity contribution in [3.63, 3.8) is 0 Å². The van der Waals surface area contributed by atoms with E-state index < -0.39 is 0 Å². The Morgan fingerprint density at radius 2 is 1.96 bits per heavy atom. The third kappa shape index (κ3) is 6.67. The second kappa shape index (κ2) is 10.3. The molecule has 1 unspecified atom stereocenters. The van der Waals surface area contributed by atoms with Crippen molar-refractivity contribution in [2.75, 3.05) is 44.7 Å². The topological polar surface area (TPSA) is 62.8 Å². The standard InChI is InChI=1S/C20H23ClFN3O3/c21-15-1-5-17(6-2-15)24-20(26)23-13-19-14-25(10-12-28-19)9-11-27-18-7-3-16(22)4-8-18/h1-8,19H,9-14H2,(H2,23,24,26). The summed E-state index contributed by atoms with van der Waals surface area (Å²) in [6.07, 6.45) is -0.0875. The van der Waals surface area contributed by atoms with Gasteiger partial charge in [0.2, 0.25) is 0 Å². The number of nitrogens with zero attached hydrogens (tertiary/aromatic N) is 1. The summed E-state index contributed by atoms with van der Waals surface area (Å²) in [5.74, 6) is 0.364. The van der Waals surface area contributed by atoms with Gasteiger partial charge in [0.25, 0.3) is 0 Å². The highest BCUT2D eigenvalue weighted by Crippen LogP contribution is 2.13. The van der Waals surface area contributed by atoms with Gasteiger partial charge in [-0.05, 0) is 48.5 Å². The van der Waals surface area contributed by atoms with Crippen LogP contribution in [0.25, 0.3) is 0 Å². The molecular weight excluding hydrogens is 385 g/mol. The van der Waals surface area contributed by atoms with Gasteiger partial charge in [-0.3, -0.25) is 4.90 Å². The van der Waals surface area contributed by atoms with E-state index in [0.717, 1.165) is 13.1 Å². The van der Waals surface area contributed by atoms with Crippen molar-refractivity contribution < 1.29 is 18.7 Å². The number of carbonyl (C=O) groups is 1. The van der Waals surface area contributed by atoms with Crippen LogP contribution in [0.15, 0.2) is 48.5 Å². The highest BCUT2D eigenvalue weighted by atomic mass is 35.5. The van der Waals surface area contributed by atoms with E-state index in [-0.39, 0.29) is 18.0 Å². The van der Waals surface area contributed by atoms with Gasteiger partial charge in [-0.1, -0.05) is 11.6 Å². The number of amides is 2. The highest BCUT2D eigenvalue weighted by Gasteiger charge is 2.20. The number of hydrogen-bond donors (Lipinski definition) is 2. The van der Waals surface area contributed by atoms with Gasteiger partial charge in [-0.15, -0.1) is 0 Å². The summed E-state index contributed by atoms with van der Waals surface area (Å²) >= 11 is 5.83. The number of benzene rings is 2. The molecule has 2 aromatic carbocycles. The molecule has 2 amide bonds. The number of urea groups is 1. The zero-order valence-electron chi connectivity index (χ0n) is 15.4. The molecule has 1 atom stereocenters. The molecule has 28 heavy (non-hydrogen) atoms. The van der Waals surface area contributed by atoms with Crippen molar-refractivity contribution in [2.24, 2.45) is 0 Å². The average Bonchev–Trinajstić information content (AvgIpc) is 2.70. The molecule has 1 aliphatic heterocycles. The summed E-state index contributed by atoms with van der Waals surface area (Å²) < 4.78 is 24.2. The van der Waals surface area contributed by atoms with Crippen LogP contribution < -0.4 is 15.4 Å². The Kier molecular flexibility index (Phi) is 7.47. The van der Waals surface area contributed by atoms with Crippen LogP contribution in [0.2, 0.25) is 5.02 Å². The molecule has 3 rings (SSSR count). The molecule has 6 nitrogen and oxygen atoms in total. The van der Waals surface area contributed by atoms with Gasteiger partial charge in [0.1, 0.15) is 18.2 Å². The lowest BCUT2D eigenvalue weighted by molar-refractivity contribution is -0.0286. The summed E-state index contributed by atoms with van der Waals surface area (Å²) in [6, 6.07) is 12.6. The first-order chi connectivity index (χ1) is 13.6. The first-order valence-corrected chi connectivity index (χ1v) is 9.49. The van der Waals surface area contributed by atoms with Gasteiger partial charge in [0.15, 0.2) is 0 Å². The van der Waals surface area contributed by atoms with E-state index in [1.165, 1.54) is 12.1 Å². The lowest BCUT2D eigenvalue weighted by atomic mass is 10.2. The van der Waals surface area contributed by atoms with Crippen LogP contribution in [0.5, 0.6) is 5.75 Å². The van der Waals surface area contributed by atoms with Crippen molar-refractivity contribution in [2.45, 2.75) is 6.10 Å². The predicted octanol–water partition coefficient (Wildman–Crippen LogP) is 3.38. The zero-order valence-corrected chi connectivity index (χ0v) is 16.1. The van der Waals surface area contributed by atoms with Gasteiger partial charge in [-0.2, -0.15) is 0 Å². The van der Waals surface area contributed by atoms with Crippen LogP contribution >= 0.6 is 11.6 Å². The number of carbonyl (C=O) groups excluding carboxylic acids is 1. The van der Waals surface area contributed by atoms with Gasteiger partial charge in [0, 0.05) is 36.9 Å². The minimum absolute atomic E-state index is 0.0875. The molecule has 0 aliphatic carbocycles. The van der Waals surface area contributed by atoms with E-state index in [9.17, 15) is 9.18 Å². The molecule has 1 heterocycles. The second-order valence-corrected chi connectivity index (χ2v) is 6.87. The van der Waals surface area contributed by atoms with E-state index in [1.807, 2.05) is 0 Å². The number of hydrogen-bond acceptors (Lipinski definition) is 4. The zero-order chi connectivity index (χ0) is 19.8. The molecular formula is C20H23ClFN3O3. The molecule has 1 aliphatic rings. The Bertz CT molecular complexity index is 758. The molecule has 0 saturated carbocycles. The molecule has 8 heteroatoms. The monoisotopic (exact) mass is 407 g/mol. The minimum Gasteiger partial charge on any atom is -0.492 e. The van der Waals surface area contributed by atoms with Gasteiger partial charge >= 0.3 is 6.03 Å². The molecule has 1 fully saturated rings. The molecule has 0 aromatic heterocycles. The fraction of sp³-hybridized carbons (Fsp3) is 0.350. The van der Waals surface area contributed by atoms with E-state index in [1.54, 1.807) is 36.4 Å². The Hall–Kier alpha value is -2.35. The number of anilines is 1. The van der Waals surface area contributed by atoms with E-state index in [0.29, 0.717) is 42.8 Å². The number of nitrogens with one attached hydrogen (secondary N) is 2. The Balaban J connectivity index is 1.35. The van der Waals surface area contributed by atoms with E-state index in [2.05, 4.69) is 15.5 Å². The van der Waals surface area contributed by atoms with Crippen LogP contribution in [0, 0.1) is 5.82 Å². The largest absolute Gasteiger partial charge is 0.492 e. The third-order valence-corrected chi connectivity index (χ3v) is 4.56. The van der Waals surface area contributed by atoms with Gasteiger partial charge in [0.05, 0.1) is 12.7 Å². The van der Waals surface area contributed by atoms with Crippen molar-refractivity contribution in [1.29, 1.82) is 0 Å². The van der Waals surface area contributed by atoms with Crippen LogP contribution in [0.3, 0.4) is 0 Å². The quantitative estimate of drug-likeness (QED) is 0.738. The van der Waals surface area contributed by atoms with Crippen molar-refractivity contribution in [3.8, 4) is 5.75 Å². The van der Waals surface area contributed by atoms with Gasteiger partial charge < -0.3 is 20.1 Å². The van der Waals surface area contributed by atoms with Crippen molar-refractivity contribution >= 4 is 23.3 Å². The summed E-state index contributed by atoms with van der Waals surface area (Å²) in [5.41, 5.74) is 0.672. The van der Waals surface area contributed by atoms with Crippen LogP contribution in [0.1, 0.15) is 0 Å². The molecule has 2 aromatic rings. The van der Waals surface area contributed by atoms with Crippen molar-refractivity contribution in [1.82, 2.24) is 10.2 Å². The lowest BCUT2D eigenvalue weighted by Gasteiger charge is -2.32. The summed E-state index contributed by atoms with van der Waals surface area (Å²) in [4.78, 5) is 14.2. The number of halogens is 2. The maximum absolute atomic E-state index is 12.9. The highest BCUT2D eigenvalue weighted by molar-refractivity contribution is 6.30. The fourth-order valence-electron chi connectivity index (χ4n) is 2.85. The Labute approximate surface area is 168 Å². The first-order valence-electron chi connectivity index (χ1n) is 9.11. The lowest BCUT2D eigenvalue weighted by Crippen LogP contribution is -2.49. The smallest absolute Gasteiger partial charge is 0.319 e. The van der Waals surface area contributed by atoms with Crippen molar-refractivity contribution in [3.05, 3.63) is 59.4 Å². The Morgan fingerprint density at radius 1 is 1.21 bits per heavy atom. The molecule has 0 spiro atoms. The molecule has 1 saturated heterocycles. The normalized spacial score (nSPS) is 17.1. The second-order valence-electron chi connectivity index (χ2n) is 6.44. The Morgan fingerprint density at radius 3 is 2.71 bits per heavy atom. The maximum atomic E-state index is 12.9. The molecule has 0 bridgehead atoms. The number of ether oxygens (including phenoxy) is 2. The summed E-state index contributed by atoms with van der Waals surface area (Å²) in [6.45, 7) is 3.75. The first kappa shape index (κ1) is 20.4. The number of rotatable bonds is 7. The molecule has 0 radical (unpaired) electrons. The average molecular weight is 408 g/mol. The fourth-order valence-corrected chi connectivity index (χ4v) is 2.97. The van der Waals surface area contributed by atoms with E-state index in [4.69, 9.17) is 21.1 Å². The summed E-state index contributed by atoms with van der Waals surface area (Å²) in [5, 5.41) is 6.19. The maximum Gasteiger partial charge on any atom is 0.319 e. The predicted molar refractivity (Wildman–Crippen MR) is 107 cm³/mol. The summed E-state index contributed by atoms with van der Waals surface area (Å²) in [7, 11) is 0. The van der Waals surface area contributed by atoms with Crippen LogP contribution in [0.4, 0.5) is 14.9 Å². The van der Waals surface area contributed by atoms with Crippen LogP contribution in [-0.4, -0.2) is 56.4 Å². The van der Waals surface area contributed by atoms with Crippen LogP contribution in [-0.2, 0) is 4.74 Å². The number of morpholine rings is 1. The molecule has 150 valence electrons. The third-order valence-electron chi connectivity index (χ3n) is 4.31. The molecule has 2 N–H and O–H groups in total. The SMILES string of the molecule is O=C(NCC1CN(CCOc2ccc(F)cc2)CCO1)Nc1ccc(Cl)cc1. The minimum atomic E-state index is -0.289. The van der Waals surface area contributed by atoms with E-state index >= 15 is 0 Å². The van der Waals surface area contributed by atoms with Gasteiger partial charge in [-0.25, -0.2) is 9.18 Å².